The molecular weight excluding hydrogens is 394 g/mol. The number of likely N-dealkylation sites (N-methyl/N-ethyl adjacent to an activating group) is 2. The van der Waals surface area contributed by atoms with Crippen LogP contribution in [0.25, 0.3) is 27.9 Å². The lowest BCUT2D eigenvalue weighted by atomic mass is 10.0. The van der Waals surface area contributed by atoms with E-state index in [1.54, 1.807) is 0 Å². The van der Waals surface area contributed by atoms with Crippen molar-refractivity contribution in [2.75, 3.05) is 40.3 Å². The van der Waals surface area contributed by atoms with Crippen LogP contribution in [-0.4, -0.2) is 64.7 Å². The molecule has 2 aromatic heterocycles. The molecule has 2 aromatic carbocycles. The predicted molar refractivity (Wildman–Crippen MR) is 133 cm³/mol. The normalized spacial score (nSPS) is 11.7. The summed E-state index contributed by atoms with van der Waals surface area (Å²) in [5, 5.41) is 4.54. The van der Waals surface area contributed by atoms with E-state index in [1.807, 2.05) is 35.1 Å². The first kappa shape index (κ1) is 22.2. The van der Waals surface area contributed by atoms with Crippen molar-refractivity contribution < 1.29 is 0 Å². The van der Waals surface area contributed by atoms with Gasteiger partial charge in [-0.2, -0.15) is 5.10 Å². The summed E-state index contributed by atoms with van der Waals surface area (Å²) in [6.07, 6.45) is 8.19. The van der Waals surface area contributed by atoms with Crippen molar-refractivity contribution in [2.24, 2.45) is 0 Å². The molecule has 5 heteroatoms. The van der Waals surface area contributed by atoms with E-state index in [4.69, 9.17) is 4.98 Å². The Morgan fingerprint density at radius 3 is 2.31 bits per heavy atom. The Morgan fingerprint density at radius 2 is 1.59 bits per heavy atom. The average molecular weight is 428 g/mol. The van der Waals surface area contributed by atoms with Crippen LogP contribution in [0.5, 0.6) is 0 Å². The molecule has 0 atom stereocenters. The largest absolute Gasteiger partial charge is 0.308 e. The van der Waals surface area contributed by atoms with Crippen LogP contribution in [-0.2, 0) is 6.42 Å². The molecular formula is C27H33N5. The van der Waals surface area contributed by atoms with Crippen molar-refractivity contribution in [1.82, 2.24) is 24.4 Å². The number of fused-ring (bicyclic) bond motifs is 1. The van der Waals surface area contributed by atoms with Crippen molar-refractivity contribution in [3.8, 4) is 22.3 Å². The second kappa shape index (κ2) is 10.5. The zero-order chi connectivity index (χ0) is 22.3. The van der Waals surface area contributed by atoms with Gasteiger partial charge in [-0.1, -0.05) is 61.5 Å². The lowest BCUT2D eigenvalue weighted by Crippen LogP contribution is -2.32. The Balaban J connectivity index is 1.39. The molecule has 0 fully saturated rings. The van der Waals surface area contributed by atoms with Gasteiger partial charge in [0.05, 0.1) is 6.20 Å². The summed E-state index contributed by atoms with van der Waals surface area (Å²) >= 11 is 0. The Kier molecular flexibility index (Phi) is 7.30. The zero-order valence-corrected chi connectivity index (χ0v) is 19.4. The number of nitrogens with zero attached hydrogens (tertiary/aromatic N) is 5. The third-order valence-electron chi connectivity index (χ3n) is 5.98. The van der Waals surface area contributed by atoms with E-state index in [0.717, 1.165) is 54.9 Å². The van der Waals surface area contributed by atoms with Crippen LogP contribution in [0.2, 0.25) is 0 Å². The highest BCUT2D eigenvalue weighted by atomic mass is 15.2. The first-order chi connectivity index (χ1) is 15.6. The molecule has 0 amide bonds. The highest BCUT2D eigenvalue weighted by Crippen LogP contribution is 2.25. The predicted octanol–water partition coefficient (Wildman–Crippen LogP) is 4.88. The maximum atomic E-state index is 4.72. The second-order valence-electron chi connectivity index (χ2n) is 8.57. The van der Waals surface area contributed by atoms with Gasteiger partial charge in [0.1, 0.15) is 0 Å². The monoisotopic (exact) mass is 427 g/mol. The smallest absolute Gasteiger partial charge is 0.162 e. The van der Waals surface area contributed by atoms with Crippen molar-refractivity contribution in [2.45, 2.75) is 19.8 Å². The number of hydrogen-bond acceptors (Lipinski definition) is 4. The zero-order valence-electron chi connectivity index (χ0n) is 19.4. The van der Waals surface area contributed by atoms with E-state index in [2.05, 4.69) is 78.5 Å². The summed E-state index contributed by atoms with van der Waals surface area (Å²) in [6, 6.07) is 19.2. The lowest BCUT2D eigenvalue weighted by Gasteiger charge is -2.22. The lowest BCUT2D eigenvalue weighted by molar-refractivity contribution is 0.248. The molecule has 0 N–H and O–H groups in total. The number of aryl methyl sites for hydroxylation is 1. The summed E-state index contributed by atoms with van der Waals surface area (Å²) in [4.78, 5) is 9.50. The van der Waals surface area contributed by atoms with Crippen LogP contribution in [0.4, 0.5) is 0 Å². The quantitative estimate of drug-likeness (QED) is 0.361. The Bertz CT molecular complexity index is 1120. The third kappa shape index (κ3) is 5.42. The van der Waals surface area contributed by atoms with E-state index in [1.165, 1.54) is 17.5 Å². The van der Waals surface area contributed by atoms with E-state index < -0.39 is 0 Å². The fourth-order valence-electron chi connectivity index (χ4n) is 3.99. The van der Waals surface area contributed by atoms with Crippen molar-refractivity contribution in [1.29, 1.82) is 0 Å². The van der Waals surface area contributed by atoms with Crippen molar-refractivity contribution in [3.63, 3.8) is 0 Å². The molecule has 0 spiro atoms. The van der Waals surface area contributed by atoms with E-state index in [9.17, 15) is 0 Å². The summed E-state index contributed by atoms with van der Waals surface area (Å²) in [6.45, 7) is 6.76. The SMILES string of the molecule is CCN(CCCc1ccc(-c2cnc3c(-c4ccccc4)cnn3c2)cc1)CCN(C)C. The van der Waals surface area contributed by atoms with Gasteiger partial charge in [0.15, 0.2) is 5.65 Å². The molecule has 0 unspecified atom stereocenters. The van der Waals surface area contributed by atoms with Crippen LogP contribution in [0.1, 0.15) is 18.9 Å². The first-order valence-electron chi connectivity index (χ1n) is 11.5. The molecule has 0 aliphatic heterocycles. The third-order valence-corrected chi connectivity index (χ3v) is 5.98. The molecule has 4 rings (SSSR count). The Morgan fingerprint density at radius 1 is 0.812 bits per heavy atom. The molecule has 0 bridgehead atoms. The van der Waals surface area contributed by atoms with Gasteiger partial charge in [-0.3, -0.25) is 0 Å². The molecule has 0 aliphatic carbocycles. The Labute approximate surface area is 191 Å². The van der Waals surface area contributed by atoms with Crippen LogP contribution in [0.15, 0.2) is 73.2 Å². The van der Waals surface area contributed by atoms with Crippen LogP contribution in [0.3, 0.4) is 0 Å². The fourth-order valence-corrected chi connectivity index (χ4v) is 3.99. The van der Waals surface area contributed by atoms with E-state index in [0.29, 0.717) is 0 Å². The van der Waals surface area contributed by atoms with Crippen LogP contribution < -0.4 is 0 Å². The number of rotatable bonds is 10. The van der Waals surface area contributed by atoms with Gasteiger partial charge in [0.2, 0.25) is 0 Å². The summed E-state index contributed by atoms with van der Waals surface area (Å²) < 4.78 is 1.87. The molecule has 2 heterocycles. The molecule has 0 aliphatic rings. The van der Waals surface area contributed by atoms with E-state index >= 15 is 0 Å². The van der Waals surface area contributed by atoms with Crippen LogP contribution in [0, 0.1) is 0 Å². The minimum Gasteiger partial charge on any atom is -0.308 e. The molecule has 5 nitrogen and oxygen atoms in total. The second-order valence-corrected chi connectivity index (χ2v) is 8.57. The summed E-state index contributed by atoms with van der Waals surface area (Å²) in [7, 11) is 4.27. The molecule has 0 saturated heterocycles. The standard InChI is InChI=1S/C27H33N5/c1-4-31(18-17-30(2)3)16-8-9-22-12-14-23(15-13-22)25-19-28-27-26(20-29-32(27)21-25)24-10-6-5-7-11-24/h5-7,10-15,19-21H,4,8-9,16-18H2,1-3H3. The number of aromatic nitrogens is 3. The summed E-state index contributed by atoms with van der Waals surface area (Å²) in [5.74, 6) is 0. The fraction of sp³-hybridized carbons (Fsp3) is 0.333. The van der Waals surface area contributed by atoms with Gasteiger partial charge in [0, 0.05) is 36.6 Å². The van der Waals surface area contributed by atoms with Gasteiger partial charge < -0.3 is 9.80 Å². The van der Waals surface area contributed by atoms with Gasteiger partial charge >= 0.3 is 0 Å². The minimum absolute atomic E-state index is 0.881. The summed E-state index contributed by atoms with van der Waals surface area (Å²) in [5.41, 5.74) is 6.70. The molecule has 32 heavy (non-hydrogen) atoms. The molecule has 166 valence electrons. The van der Waals surface area contributed by atoms with Gasteiger partial charge in [0.25, 0.3) is 0 Å². The van der Waals surface area contributed by atoms with Crippen LogP contribution >= 0.6 is 0 Å². The van der Waals surface area contributed by atoms with E-state index in [-0.39, 0.29) is 0 Å². The number of hydrogen-bond donors (Lipinski definition) is 0. The minimum atomic E-state index is 0.881. The number of benzene rings is 2. The molecule has 0 radical (unpaired) electrons. The van der Waals surface area contributed by atoms with Gasteiger partial charge in [-0.15, -0.1) is 0 Å². The Hall–Kier alpha value is -3.02. The van der Waals surface area contributed by atoms with Gasteiger partial charge in [-0.05, 0) is 56.7 Å². The maximum Gasteiger partial charge on any atom is 0.162 e. The molecule has 0 saturated carbocycles. The van der Waals surface area contributed by atoms with Gasteiger partial charge in [-0.25, -0.2) is 9.50 Å². The first-order valence-corrected chi connectivity index (χ1v) is 11.5. The average Bonchev–Trinajstić information content (AvgIpc) is 3.25. The highest BCUT2D eigenvalue weighted by Gasteiger charge is 2.09. The molecule has 4 aromatic rings. The topological polar surface area (TPSA) is 36.7 Å². The maximum absolute atomic E-state index is 4.72. The highest BCUT2D eigenvalue weighted by molar-refractivity contribution is 5.77. The van der Waals surface area contributed by atoms with Crippen molar-refractivity contribution >= 4 is 5.65 Å². The van der Waals surface area contributed by atoms with Crippen molar-refractivity contribution in [3.05, 3.63) is 78.8 Å².